The third-order valence-corrected chi connectivity index (χ3v) is 5.87. The van der Waals surface area contributed by atoms with Crippen molar-refractivity contribution in [2.24, 2.45) is 0 Å². The number of halogens is 3. The topological polar surface area (TPSA) is 78.5 Å². The number of anilines is 3. The van der Waals surface area contributed by atoms with Crippen molar-refractivity contribution in [1.29, 1.82) is 0 Å². The van der Waals surface area contributed by atoms with Crippen LogP contribution in [0.4, 0.5) is 17.1 Å². The summed E-state index contributed by atoms with van der Waals surface area (Å²) in [5.74, 6) is -1.71. The molecule has 1 aliphatic heterocycles. The van der Waals surface area contributed by atoms with Crippen LogP contribution < -0.4 is 15.5 Å². The molecule has 3 amide bonds. The Hall–Kier alpha value is -3.32. The SMILES string of the molecule is Cc1ccc(Cl)cc1NC(=O)c1cccc(NC2=C(Cl)C(=O)N(c3ccccc3Cl)C2=O)c1. The minimum atomic E-state index is -0.692. The van der Waals surface area contributed by atoms with Crippen LogP contribution in [0.1, 0.15) is 15.9 Å². The number of nitrogens with zero attached hydrogens (tertiary/aromatic N) is 1. The highest BCUT2D eigenvalue weighted by Crippen LogP contribution is 2.34. The molecular formula is C24H16Cl3N3O3. The molecule has 33 heavy (non-hydrogen) atoms. The van der Waals surface area contributed by atoms with Crippen molar-refractivity contribution in [3.8, 4) is 0 Å². The molecule has 0 spiro atoms. The molecule has 1 heterocycles. The van der Waals surface area contributed by atoms with E-state index in [4.69, 9.17) is 34.8 Å². The first-order chi connectivity index (χ1) is 15.8. The second-order valence-electron chi connectivity index (χ2n) is 7.21. The first kappa shape index (κ1) is 22.9. The highest BCUT2D eigenvalue weighted by Gasteiger charge is 2.39. The number of carbonyl (C=O) groups is 3. The van der Waals surface area contributed by atoms with E-state index >= 15 is 0 Å². The van der Waals surface area contributed by atoms with Crippen molar-refractivity contribution in [3.05, 3.63) is 98.6 Å². The van der Waals surface area contributed by atoms with Gasteiger partial charge in [0, 0.05) is 22.0 Å². The van der Waals surface area contributed by atoms with E-state index in [1.54, 1.807) is 66.7 Å². The fraction of sp³-hybridized carbons (Fsp3) is 0.0417. The summed E-state index contributed by atoms with van der Waals surface area (Å²) in [5.41, 5.74) is 2.30. The quantitative estimate of drug-likeness (QED) is 0.422. The van der Waals surface area contributed by atoms with Gasteiger partial charge in [-0.2, -0.15) is 0 Å². The lowest BCUT2D eigenvalue weighted by atomic mass is 10.1. The van der Waals surface area contributed by atoms with Crippen LogP contribution >= 0.6 is 34.8 Å². The first-order valence-corrected chi connectivity index (χ1v) is 10.9. The summed E-state index contributed by atoms with van der Waals surface area (Å²) in [6, 6.07) is 18.1. The summed E-state index contributed by atoms with van der Waals surface area (Å²) >= 11 is 18.4. The van der Waals surface area contributed by atoms with E-state index in [1.165, 1.54) is 0 Å². The van der Waals surface area contributed by atoms with Crippen molar-refractivity contribution < 1.29 is 14.4 Å². The van der Waals surface area contributed by atoms with Crippen LogP contribution in [0, 0.1) is 6.92 Å². The molecule has 0 saturated heterocycles. The summed E-state index contributed by atoms with van der Waals surface area (Å²) in [5, 5.41) is 6.14. The summed E-state index contributed by atoms with van der Waals surface area (Å²) in [6.45, 7) is 1.85. The summed E-state index contributed by atoms with van der Waals surface area (Å²) in [4.78, 5) is 39.3. The third-order valence-electron chi connectivity index (χ3n) is 4.96. The second kappa shape index (κ2) is 9.27. The standard InChI is InChI=1S/C24H16Cl3N3O3/c1-13-9-10-15(25)12-18(13)29-22(31)14-5-4-6-16(11-14)28-21-20(27)23(32)30(24(21)33)19-8-3-2-7-17(19)26/h2-12,28H,1H3,(H,29,31). The highest BCUT2D eigenvalue weighted by atomic mass is 35.5. The minimum Gasteiger partial charge on any atom is -0.350 e. The van der Waals surface area contributed by atoms with E-state index < -0.39 is 11.8 Å². The molecule has 0 unspecified atom stereocenters. The minimum absolute atomic E-state index is 0.107. The van der Waals surface area contributed by atoms with E-state index in [-0.39, 0.29) is 27.3 Å². The Morgan fingerprint density at radius 1 is 0.879 bits per heavy atom. The number of rotatable bonds is 5. The Labute approximate surface area is 204 Å². The van der Waals surface area contributed by atoms with Gasteiger partial charge in [-0.1, -0.05) is 59.1 Å². The van der Waals surface area contributed by atoms with Gasteiger partial charge in [-0.3, -0.25) is 14.4 Å². The van der Waals surface area contributed by atoms with Crippen LogP contribution in [0.2, 0.25) is 10.0 Å². The molecule has 0 saturated carbocycles. The lowest BCUT2D eigenvalue weighted by Crippen LogP contribution is -2.32. The van der Waals surface area contributed by atoms with Crippen molar-refractivity contribution in [2.75, 3.05) is 15.5 Å². The van der Waals surface area contributed by atoms with Crippen LogP contribution in [-0.2, 0) is 9.59 Å². The van der Waals surface area contributed by atoms with Crippen molar-refractivity contribution in [3.63, 3.8) is 0 Å². The molecule has 0 fully saturated rings. The van der Waals surface area contributed by atoms with Crippen LogP contribution in [0.3, 0.4) is 0 Å². The molecule has 0 aliphatic carbocycles. The largest absolute Gasteiger partial charge is 0.350 e. The third kappa shape index (κ3) is 4.59. The van der Waals surface area contributed by atoms with Crippen molar-refractivity contribution >= 4 is 69.6 Å². The van der Waals surface area contributed by atoms with Crippen LogP contribution in [0.5, 0.6) is 0 Å². The molecule has 1 aliphatic rings. The van der Waals surface area contributed by atoms with Crippen LogP contribution in [-0.4, -0.2) is 17.7 Å². The van der Waals surface area contributed by atoms with Gasteiger partial charge in [-0.15, -0.1) is 0 Å². The monoisotopic (exact) mass is 499 g/mol. The summed E-state index contributed by atoms with van der Waals surface area (Å²) in [6.07, 6.45) is 0. The fourth-order valence-corrected chi connectivity index (χ4v) is 3.87. The molecule has 0 bridgehead atoms. The molecule has 166 valence electrons. The van der Waals surface area contributed by atoms with Gasteiger partial charge in [-0.05, 0) is 55.0 Å². The number of amides is 3. The lowest BCUT2D eigenvalue weighted by molar-refractivity contribution is -0.120. The number of hydrogen-bond donors (Lipinski definition) is 2. The molecule has 2 N–H and O–H groups in total. The predicted octanol–water partition coefficient (Wildman–Crippen LogP) is 5.99. The average Bonchev–Trinajstić information content (AvgIpc) is 3.00. The van der Waals surface area contributed by atoms with E-state index in [0.717, 1.165) is 10.5 Å². The molecular weight excluding hydrogens is 485 g/mol. The Kier molecular flexibility index (Phi) is 6.42. The van der Waals surface area contributed by atoms with Gasteiger partial charge in [0.05, 0.1) is 10.7 Å². The second-order valence-corrected chi connectivity index (χ2v) is 8.43. The molecule has 9 heteroatoms. The molecule has 3 aromatic rings. The number of para-hydroxylation sites is 1. The Balaban J connectivity index is 1.56. The molecule has 3 aromatic carbocycles. The van der Waals surface area contributed by atoms with Gasteiger partial charge >= 0.3 is 0 Å². The zero-order chi connectivity index (χ0) is 23.7. The normalized spacial score (nSPS) is 13.5. The maximum atomic E-state index is 13.0. The van der Waals surface area contributed by atoms with Gasteiger partial charge in [0.2, 0.25) is 0 Å². The molecule has 0 aromatic heterocycles. The Morgan fingerprint density at radius 3 is 2.39 bits per heavy atom. The maximum absolute atomic E-state index is 13.0. The van der Waals surface area contributed by atoms with E-state index in [9.17, 15) is 14.4 Å². The van der Waals surface area contributed by atoms with Crippen LogP contribution in [0.25, 0.3) is 0 Å². The smallest absolute Gasteiger partial charge is 0.283 e. The number of carbonyl (C=O) groups excluding carboxylic acids is 3. The van der Waals surface area contributed by atoms with Gasteiger partial charge in [-0.25, -0.2) is 4.90 Å². The first-order valence-electron chi connectivity index (χ1n) is 9.74. The number of nitrogens with one attached hydrogen (secondary N) is 2. The van der Waals surface area contributed by atoms with Gasteiger partial charge in [0.15, 0.2) is 0 Å². The van der Waals surface area contributed by atoms with E-state index in [1.807, 2.05) is 6.92 Å². The average molecular weight is 501 g/mol. The zero-order valence-electron chi connectivity index (χ0n) is 17.2. The van der Waals surface area contributed by atoms with E-state index in [0.29, 0.717) is 22.0 Å². The van der Waals surface area contributed by atoms with Crippen LogP contribution in [0.15, 0.2) is 77.5 Å². The van der Waals surface area contributed by atoms with Gasteiger partial charge in [0.1, 0.15) is 10.7 Å². The number of aryl methyl sites for hydroxylation is 1. The van der Waals surface area contributed by atoms with E-state index in [2.05, 4.69) is 10.6 Å². The summed E-state index contributed by atoms with van der Waals surface area (Å²) < 4.78 is 0. The molecule has 4 rings (SSSR count). The number of imide groups is 1. The molecule has 6 nitrogen and oxygen atoms in total. The Bertz CT molecular complexity index is 1340. The van der Waals surface area contributed by atoms with Crippen molar-refractivity contribution in [1.82, 2.24) is 0 Å². The predicted molar refractivity (Wildman–Crippen MR) is 131 cm³/mol. The maximum Gasteiger partial charge on any atom is 0.283 e. The van der Waals surface area contributed by atoms with Gasteiger partial charge in [0.25, 0.3) is 17.7 Å². The fourth-order valence-electron chi connectivity index (χ4n) is 3.27. The number of hydrogen-bond acceptors (Lipinski definition) is 4. The highest BCUT2D eigenvalue weighted by molar-refractivity contribution is 6.53. The number of benzene rings is 3. The Morgan fingerprint density at radius 2 is 1.64 bits per heavy atom. The molecule has 0 atom stereocenters. The zero-order valence-corrected chi connectivity index (χ0v) is 19.4. The molecule has 0 radical (unpaired) electrons. The lowest BCUT2D eigenvalue weighted by Gasteiger charge is -2.16. The summed E-state index contributed by atoms with van der Waals surface area (Å²) in [7, 11) is 0. The van der Waals surface area contributed by atoms with Gasteiger partial charge < -0.3 is 10.6 Å². The van der Waals surface area contributed by atoms with Crippen molar-refractivity contribution in [2.45, 2.75) is 6.92 Å².